The smallest absolute Gasteiger partial charge is 0.234 e. The van der Waals surface area contributed by atoms with E-state index >= 15 is 0 Å². The van der Waals surface area contributed by atoms with Crippen LogP contribution in [0.4, 0.5) is 4.39 Å². The van der Waals surface area contributed by atoms with Gasteiger partial charge in [-0.3, -0.25) is 9.69 Å². The van der Waals surface area contributed by atoms with Gasteiger partial charge in [0.1, 0.15) is 18.2 Å². The van der Waals surface area contributed by atoms with Crippen molar-refractivity contribution in [3.8, 4) is 5.75 Å². The molecule has 4 nitrogen and oxygen atoms in total. The van der Waals surface area contributed by atoms with E-state index in [-0.39, 0.29) is 11.7 Å². The second-order valence-corrected chi connectivity index (χ2v) is 6.21. The third-order valence-corrected chi connectivity index (χ3v) is 3.84. The van der Waals surface area contributed by atoms with Crippen LogP contribution in [-0.2, 0) is 11.2 Å². The molecule has 0 saturated carbocycles. The third-order valence-electron chi connectivity index (χ3n) is 3.60. The van der Waals surface area contributed by atoms with Crippen LogP contribution in [0.15, 0.2) is 48.5 Å². The number of nitrogens with zero attached hydrogens (tertiary/aromatic N) is 1. The van der Waals surface area contributed by atoms with Crippen LogP contribution in [0.2, 0.25) is 5.02 Å². The Morgan fingerprint density at radius 2 is 2.00 bits per heavy atom. The Hall–Kier alpha value is -2.11. The molecule has 0 heterocycles. The van der Waals surface area contributed by atoms with Gasteiger partial charge in [0.05, 0.1) is 6.54 Å². The second kappa shape index (κ2) is 10.0. The number of hydrogen-bond donors (Lipinski definition) is 1. The predicted molar refractivity (Wildman–Crippen MR) is 97.6 cm³/mol. The minimum atomic E-state index is -0.255. The Morgan fingerprint density at radius 1 is 1.24 bits per heavy atom. The van der Waals surface area contributed by atoms with Crippen molar-refractivity contribution in [3.63, 3.8) is 0 Å². The molecule has 134 valence electrons. The van der Waals surface area contributed by atoms with Crippen molar-refractivity contribution < 1.29 is 13.9 Å². The molecule has 25 heavy (non-hydrogen) atoms. The molecular formula is C19H22ClFN2O2. The molecule has 0 aliphatic carbocycles. The molecule has 0 aliphatic rings. The molecule has 0 bridgehead atoms. The zero-order valence-electron chi connectivity index (χ0n) is 14.2. The van der Waals surface area contributed by atoms with Gasteiger partial charge >= 0.3 is 0 Å². The molecule has 2 rings (SSSR count). The Kier molecular flexibility index (Phi) is 7.70. The first-order valence-corrected chi connectivity index (χ1v) is 8.49. The van der Waals surface area contributed by atoms with Crippen LogP contribution in [0.5, 0.6) is 5.75 Å². The fraction of sp³-hybridized carbons (Fsp3) is 0.316. The molecular weight excluding hydrogens is 343 g/mol. The zero-order chi connectivity index (χ0) is 18.1. The maximum absolute atomic E-state index is 12.8. The molecule has 2 aromatic carbocycles. The van der Waals surface area contributed by atoms with E-state index in [2.05, 4.69) is 5.32 Å². The molecule has 0 atom stereocenters. The van der Waals surface area contributed by atoms with E-state index in [0.717, 1.165) is 5.56 Å². The molecule has 0 unspecified atom stereocenters. The average Bonchev–Trinajstić information content (AvgIpc) is 2.57. The van der Waals surface area contributed by atoms with Crippen molar-refractivity contribution in [1.29, 1.82) is 0 Å². The van der Waals surface area contributed by atoms with E-state index in [1.54, 1.807) is 24.3 Å². The van der Waals surface area contributed by atoms with Crippen LogP contribution in [0, 0.1) is 5.82 Å². The number of amides is 1. The monoisotopic (exact) mass is 364 g/mol. The molecule has 1 amide bonds. The van der Waals surface area contributed by atoms with Gasteiger partial charge in [-0.2, -0.15) is 0 Å². The SMILES string of the molecule is CN(CCOc1cccc(Cl)c1)CC(=O)NCCc1ccc(F)cc1. The number of ether oxygens (including phenoxy) is 1. The molecule has 0 fully saturated rings. The summed E-state index contributed by atoms with van der Waals surface area (Å²) < 4.78 is 18.4. The van der Waals surface area contributed by atoms with Gasteiger partial charge < -0.3 is 10.1 Å². The molecule has 2 aromatic rings. The standard InChI is InChI=1S/C19H22ClFN2O2/c1-23(11-12-25-18-4-2-3-16(20)13-18)14-19(24)22-10-9-15-5-7-17(21)8-6-15/h2-8,13H,9-12,14H2,1H3,(H,22,24). The highest BCUT2D eigenvalue weighted by Gasteiger charge is 2.06. The quantitative estimate of drug-likeness (QED) is 0.743. The number of carbonyl (C=O) groups excluding carboxylic acids is 1. The van der Waals surface area contributed by atoms with Gasteiger partial charge in [-0.1, -0.05) is 29.8 Å². The van der Waals surface area contributed by atoms with Crippen LogP contribution in [0.3, 0.4) is 0 Å². The van der Waals surface area contributed by atoms with E-state index < -0.39 is 0 Å². The molecule has 0 saturated heterocycles. The lowest BCUT2D eigenvalue weighted by Gasteiger charge is -2.16. The first kappa shape index (κ1) is 19.2. The van der Waals surface area contributed by atoms with E-state index in [4.69, 9.17) is 16.3 Å². The van der Waals surface area contributed by atoms with E-state index in [0.29, 0.717) is 43.4 Å². The maximum atomic E-state index is 12.8. The summed E-state index contributed by atoms with van der Waals surface area (Å²) in [6, 6.07) is 13.5. The minimum absolute atomic E-state index is 0.0487. The summed E-state index contributed by atoms with van der Waals surface area (Å²) >= 11 is 5.89. The fourth-order valence-corrected chi connectivity index (χ4v) is 2.43. The van der Waals surface area contributed by atoms with Gasteiger partial charge in [0.25, 0.3) is 0 Å². The van der Waals surface area contributed by atoms with Gasteiger partial charge in [-0.25, -0.2) is 4.39 Å². The van der Waals surface area contributed by atoms with Crippen LogP contribution in [-0.4, -0.2) is 44.1 Å². The van der Waals surface area contributed by atoms with Crippen LogP contribution in [0.25, 0.3) is 0 Å². The number of nitrogens with one attached hydrogen (secondary N) is 1. The van der Waals surface area contributed by atoms with Crippen molar-refractivity contribution in [2.75, 3.05) is 33.3 Å². The highest BCUT2D eigenvalue weighted by Crippen LogP contribution is 2.16. The van der Waals surface area contributed by atoms with Crippen LogP contribution < -0.4 is 10.1 Å². The number of hydrogen-bond acceptors (Lipinski definition) is 3. The van der Waals surface area contributed by atoms with Crippen LogP contribution in [0.1, 0.15) is 5.56 Å². The number of halogens is 2. The highest BCUT2D eigenvalue weighted by atomic mass is 35.5. The van der Waals surface area contributed by atoms with Crippen molar-refractivity contribution >= 4 is 17.5 Å². The predicted octanol–water partition coefficient (Wildman–Crippen LogP) is 3.15. The second-order valence-electron chi connectivity index (χ2n) is 5.77. The number of rotatable bonds is 9. The van der Waals surface area contributed by atoms with Crippen molar-refractivity contribution in [2.24, 2.45) is 0 Å². The molecule has 6 heteroatoms. The normalized spacial score (nSPS) is 10.7. The van der Waals surface area contributed by atoms with Crippen molar-refractivity contribution in [2.45, 2.75) is 6.42 Å². The largest absolute Gasteiger partial charge is 0.492 e. The summed E-state index contributed by atoms with van der Waals surface area (Å²) in [4.78, 5) is 13.8. The van der Waals surface area contributed by atoms with Crippen molar-refractivity contribution in [1.82, 2.24) is 10.2 Å². The van der Waals surface area contributed by atoms with Crippen molar-refractivity contribution in [3.05, 3.63) is 64.9 Å². The van der Waals surface area contributed by atoms with Crippen LogP contribution >= 0.6 is 11.6 Å². The van der Waals surface area contributed by atoms with Gasteiger partial charge in [0, 0.05) is 18.1 Å². The average molecular weight is 365 g/mol. The van der Waals surface area contributed by atoms with Gasteiger partial charge in [-0.15, -0.1) is 0 Å². The number of benzene rings is 2. The topological polar surface area (TPSA) is 41.6 Å². The summed E-state index contributed by atoms with van der Waals surface area (Å²) in [5, 5.41) is 3.49. The molecule has 0 aromatic heterocycles. The Labute approximate surface area is 152 Å². The molecule has 0 aliphatic heterocycles. The fourth-order valence-electron chi connectivity index (χ4n) is 2.25. The Bertz CT molecular complexity index is 679. The first-order chi connectivity index (χ1) is 12.0. The maximum Gasteiger partial charge on any atom is 0.234 e. The van der Waals surface area contributed by atoms with E-state index in [9.17, 15) is 9.18 Å². The van der Waals surface area contributed by atoms with Gasteiger partial charge in [0.2, 0.25) is 5.91 Å². The van der Waals surface area contributed by atoms with Gasteiger partial charge in [-0.05, 0) is 49.4 Å². The Morgan fingerprint density at radius 3 is 2.72 bits per heavy atom. The Balaban J connectivity index is 1.60. The first-order valence-electron chi connectivity index (χ1n) is 8.11. The van der Waals surface area contributed by atoms with E-state index in [1.807, 2.05) is 24.1 Å². The summed E-state index contributed by atoms with van der Waals surface area (Å²) in [5.74, 6) is 0.409. The summed E-state index contributed by atoms with van der Waals surface area (Å²) in [7, 11) is 1.86. The lowest BCUT2D eigenvalue weighted by atomic mass is 10.1. The lowest BCUT2D eigenvalue weighted by molar-refractivity contribution is -0.121. The van der Waals surface area contributed by atoms with Gasteiger partial charge in [0.15, 0.2) is 0 Å². The molecule has 0 spiro atoms. The number of likely N-dealkylation sites (N-methyl/N-ethyl adjacent to an activating group) is 1. The van der Waals surface area contributed by atoms with E-state index in [1.165, 1.54) is 12.1 Å². The highest BCUT2D eigenvalue weighted by molar-refractivity contribution is 6.30. The molecule has 1 N–H and O–H groups in total. The summed E-state index contributed by atoms with van der Waals surface area (Å²) in [5.41, 5.74) is 0.991. The zero-order valence-corrected chi connectivity index (χ0v) is 14.9. The third kappa shape index (κ3) is 7.54. The minimum Gasteiger partial charge on any atom is -0.492 e. The summed E-state index contributed by atoms with van der Waals surface area (Å²) in [6.07, 6.45) is 0.674. The summed E-state index contributed by atoms with van der Waals surface area (Å²) in [6.45, 7) is 1.91. The number of carbonyl (C=O) groups is 1. The lowest BCUT2D eigenvalue weighted by Crippen LogP contribution is -2.37. The molecule has 0 radical (unpaired) electrons.